The van der Waals surface area contributed by atoms with Crippen LogP contribution in [0.5, 0.6) is 0 Å². The average molecular weight is 342 g/mol. The molecule has 1 heterocycles. The predicted octanol–water partition coefficient (Wildman–Crippen LogP) is 1.46. The molecule has 2 aliphatic rings. The van der Waals surface area contributed by atoms with E-state index in [1.54, 1.807) is 0 Å². The molecular formula is C17H35N5S. The van der Waals surface area contributed by atoms with Crippen molar-refractivity contribution < 1.29 is 0 Å². The smallest absolute Gasteiger partial charge is 0.191 e. The molecule has 1 saturated heterocycles. The Morgan fingerprint density at radius 1 is 1.26 bits per heavy atom. The summed E-state index contributed by atoms with van der Waals surface area (Å²) in [6.45, 7) is 6.66. The first kappa shape index (κ1) is 18.9. The molecule has 3 atom stereocenters. The minimum absolute atomic E-state index is 0.557. The van der Waals surface area contributed by atoms with Gasteiger partial charge in [-0.1, -0.05) is 13.3 Å². The van der Waals surface area contributed by atoms with Gasteiger partial charge in [0.1, 0.15) is 0 Å². The summed E-state index contributed by atoms with van der Waals surface area (Å²) in [4.78, 5) is 9.30. The van der Waals surface area contributed by atoms with E-state index in [2.05, 4.69) is 58.2 Å². The number of rotatable bonds is 5. The molecule has 2 fully saturated rings. The van der Waals surface area contributed by atoms with Gasteiger partial charge in [0.15, 0.2) is 5.96 Å². The second kappa shape index (κ2) is 9.74. The maximum Gasteiger partial charge on any atom is 0.191 e. The SMILES string of the molecule is CCS[C@@H]1CCC[C@H](NC(=NC)NC[C@H]2CN(C)CCN2C)C1. The van der Waals surface area contributed by atoms with Gasteiger partial charge in [-0.25, -0.2) is 0 Å². The summed E-state index contributed by atoms with van der Waals surface area (Å²) in [7, 11) is 6.32. The number of nitrogens with zero attached hydrogens (tertiary/aromatic N) is 3. The fourth-order valence-corrected chi connectivity index (χ4v) is 4.76. The number of hydrogen-bond donors (Lipinski definition) is 2. The zero-order valence-corrected chi connectivity index (χ0v) is 16.2. The first-order valence-electron chi connectivity index (χ1n) is 9.10. The third-order valence-corrected chi connectivity index (χ3v) is 6.31. The van der Waals surface area contributed by atoms with Crippen molar-refractivity contribution in [1.82, 2.24) is 20.4 Å². The van der Waals surface area contributed by atoms with Gasteiger partial charge in [0.25, 0.3) is 0 Å². The lowest BCUT2D eigenvalue weighted by atomic mass is 9.95. The van der Waals surface area contributed by atoms with Crippen LogP contribution in [0.3, 0.4) is 0 Å². The van der Waals surface area contributed by atoms with Crippen molar-refractivity contribution in [2.45, 2.75) is 49.9 Å². The Labute approximate surface area is 146 Å². The number of guanidine groups is 1. The van der Waals surface area contributed by atoms with Crippen molar-refractivity contribution in [2.75, 3.05) is 53.1 Å². The van der Waals surface area contributed by atoms with Crippen LogP contribution in [-0.4, -0.2) is 86.2 Å². The molecule has 1 saturated carbocycles. The third-order valence-electron chi connectivity index (χ3n) is 5.08. The van der Waals surface area contributed by atoms with Crippen molar-refractivity contribution in [1.29, 1.82) is 0 Å². The molecule has 6 heteroatoms. The van der Waals surface area contributed by atoms with E-state index in [9.17, 15) is 0 Å². The first-order valence-corrected chi connectivity index (χ1v) is 10.1. The highest BCUT2D eigenvalue weighted by Gasteiger charge is 2.24. The van der Waals surface area contributed by atoms with E-state index < -0.39 is 0 Å². The summed E-state index contributed by atoms with van der Waals surface area (Å²) in [5.74, 6) is 2.20. The molecule has 0 aromatic carbocycles. The van der Waals surface area contributed by atoms with E-state index in [-0.39, 0.29) is 0 Å². The van der Waals surface area contributed by atoms with Crippen molar-refractivity contribution in [3.8, 4) is 0 Å². The van der Waals surface area contributed by atoms with E-state index in [0.717, 1.165) is 30.8 Å². The Hall–Kier alpha value is -0.460. The van der Waals surface area contributed by atoms with Crippen molar-refractivity contribution in [3.63, 3.8) is 0 Å². The largest absolute Gasteiger partial charge is 0.355 e. The van der Waals surface area contributed by atoms with Gasteiger partial charge in [0.2, 0.25) is 0 Å². The highest BCUT2D eigenvalue weighted by atomic mass is 32.2. The zero-order chi connectivity index (χ0) is 16.7. The molecule has 23 heavy (non-hydrogen) atoms. The van der Waals surface area contributed by atoms with Gasteiger partial charge in [-0.05, 0) is 39.1 Å². The maximum atomic E-state index is 4.44. The van der Waals surface area contributed by atoms with Gasteiger partial charge in [0.05, 0.1) is 0 Å². The van der Waals surface area contributed by atoms with Gasteiger partial charge >= 0.3 is 0 Å². The molecular weight excluding hydrogens is 306 g/mol. The van der Waals surface area contributed by atoms with Gasteiger partial charge in [-0.15, -0.1) is 0 Å². The van der Waals surface area contributed by atoms with Crippen LogP contribution < -0.4 is 10.6 Å². The molecule has 0 aromatic rings. The molecule has 1 aliphatic carbocycles. The summed E-state index contributed by atoms with van der Waals surface area (Å²) >= 11 is 2.11. The molecule has 2 rings (SSSR count). The van der Waals surface area contributed by atoms with Crippen molar-refractivity contribution >= 4 is 17.7 Å². The second-order valence-corrected chi connectivity index (χ2v) is 8.51. The molecule has 0 spiro atoms. The Morgan fingerprint density at radius 3 is 2.83 bits per heavy atom. The molecule has 0 unspecified atom stereocenters. The summed E-state index contributed by atoms with van der Waals surface area (Å²) in [6.07, 6.45) is 5.25. The third kappa shape index (κ3) is 6.16. The van der Waals surface area contributed by atoms with E-state index in [1.165, 1.54) is 38.0 Å². The lowest BCUT2D eigenvalue weighted by Gasteiger charge is -2.38. The topological polar surface area (TPSA) is 42.9 Å². The molecule has 5 nitrogen and oxygen atoms in total. The van der Waals surface area contributed by atoms with Crippen LogP contribution >= 0.6 is 11.8 Å². The van der Waals surface area contributed by atoms with E-state index in [4.69, 9.17) is 0 Å². The fraction of sp³-hybridized carbons (Fsp3) is 0.941. The zero-order valence-electron chi connectivity index (χ0n) is 15.3. The standard InChI is InChI=1S/C17H35N5S/c1-5-23-16-8-6-7-14(11-16)20-17(18-2)19-12-15-13-21(3)9-10-22(15)4/h14-16H,5-13H2,1-4H3,(H2,18,19,20)/t14-,15-,16+/m0/s1. The minimum atomic E-state index is 0.557. The normalized spacial score (nSPS) is 31.1. The molecule has 0 aromatic heterocycles. The van der Waals surface area contributed by atoms with E-state index in [1.807, 2.05) is 7.05 Å². The summed E-state index contributed by atoms with van der Waals surface area (Å²) in [5.41, 5.74) is 0. The highest BCUT2D eigenvalue weighted by Crippen LogP contribution is 2.28. The van der Waals surface area contributed by atoms with Crippen LogP contribution in [0.1, 0.15) is 32.6 Å². The first-order chi connectivity index (χ1) is 11.1. The Bertz CT molecular complexity index is 374. The van der Waals surface area contributed by atoms with Gasteiger partial charge < -0.3 is 15.5 Å². The summed E-state index contributed by atoms with van der Waals surface area (Å²) in [6, 6.07) is 1.13. The van der Waals surface area contributed by atoms with Gasteiger partial charge in [0, 0.05) is 50.6 Å². The molecule has 134 valence electrons. The van der Waals surface area contributed by atoms with Crippen LogP contribution in [0.25, 0.3) is 0 Å². The molecule has 0 bridgehead atoms. The Balaban J connectivity index is 1.76. The van der Waals surface area contributed by atoms with Crippen molar-refractivity contribution in [3.05, 3.63) is 0 Å². The average Bonchev–Trinajstić information content (AvgIpc) is 2.55. The Morgan fingerprint density at radius 2 is 2.09 bits per heavy atom. The minimum Gasteiger partial charge on any atom is -0.355 e. The Kier molecular flexibility index (Phi) is 7.99. The monoisotopic (exact) mass is 341 g/mol. The van der Waals surface area contributed by atoms with Crippen LogP contribution in [0.15, 0.2) is 4.99 Å². The maximum absolute atomic E-state index is 4.44. The predicted molar refractivity (Wildman–Crippen MR) is 103 cm³/mol. The number of hydrogen-bond acceptors (Lipinski definition) is 4. The lowest BCUT2D eigenvalue weighted by molar-refractivity contribution is 0.116. The summed E-state index contributed by atoms with van der Waals surface area (Å²) < 4.78 is 0. The molecule has 2 N–H and O–H groups in total. The molecule has 1 aliphatic heterocycles. The van der Waals surface area contributed by atoms with Crippen LogP contribution in [0.4, 0.5) is 0 Å². The number of nitrogens with one attached hydrogen (secondary N) is 2. The quantitative estimate of drug-likeness (QED) is 0.585. The second-order valence-electron chi connectivity index (χ2n) is 6.94. The molecule has 0 amide bonds. The highest BCUT2D eigenvalue weighted by molar-refractivity contribution is 7.99. The van der Waals surface area contributed by atoms with E-state index in [0.29, 0.717) is 12.1 Å². The van der Waals surface area contributed by atoms with Crippen LogP contribution in [0.2, 0.25) is 0 Å². The van der Waals surface area contributed by atoms with Crippen molar-refractivity contribution in [2.24, 2.45) is 4.99 Å². The summed E-state index contributed by atoms with van der Waals surface area (Å²) in [5, 5.41) is 8.02. The van der Waals surface area contributed by atoms with Gasteiger partial charge in [-0.3, -0.25) is 9.89 Å². The van der Waals surface area contributed by atoms with Crippen LogP contribution in [-0.2, 0) is 0 Å². The van der Waals surface area contributed by atoms with Gasteiger partial charge in [-0.2, -0.15) is 11.8 Å². The van der Waals surface area contributed by atoms with Crippen LogP contribution in [0, 0.1) is 0 Å². The fourth-order valence-electron chi connectivity index (χ4n) is 3.59. The molecule has 0 radical (unpaired) electrons. The van der Waals surface area contributed by atoms with E-state index >= 15 is 0 Å². The number of thioether (sulfide) groups is 1. The number of piperazine rings is 1. The lowest BCUT2D eigenvalue weighted by Crippen LogP contribution is -2.56. The number of likely N-dealkylation sites (N-methyl/N-ethyl adjacent to an activating group) is 2. The number of aliphatic imine (C=N–C) groups is 1.